The Morgan fingerprint density at radius 2 is 0.565 bits per heavy atom. The Balaban J connectivity index is 0.000000216. The highest BCUT2D eigenvalue weighted by molar-refractivity contribution is 7.98. The summed E-state index contributed by atoms with van der Waals surface area (Å²) in [4.78, 5) is 98.0. The Morgan fingerprint density at radius 1 is 0.321 bits per heavy atom. The van der Waals surface area contributed by atoms with Crippen LogP contribution in [0.4, 0.5) is 0 Å². The maximum Gasteiger partial charge on any atom is 0.357 e. The van der Waals surface area contributed by atoms with Crippen molar-refractivity contribution in [1.82, 2.24) is 29.9 Å². The molecule has 0 aliphatic heterocycles. The van der Waals surface area contributed by atoms with Crippen molar-refractivity contribution in [3.05, 3.63) is 300 Å². The van der Waals surface area contributed by atoms with Crippen LogP contribution in [0.15, 0.2) is 260 Å². The van der Waals surface area contributed by atoms with Crippen molar-refractivity contribution in [1.29, 1.82) is 5.26 Å². The van der Waals surface area contributed by atoms with Gasteiger partial charge in [-0.25, -0.2) is 58.7 Å². The third kappa shape index (κ3) is 38.0. The summed E-state index contributed by atoms with van der Waals surface area (Å²) in [6.45, 7) is 25.4. The molecule has 0 N–H and O–H groups in total. The van der Waals surface area contributed by atoms with Crippen molar-refractivity contribution in [2.45, 2.75) is 189 Å². The molecular weight excluding hydrogens is 1690 g/mol. The molecule has 0 unspecified atom stereocenters. The van der Waals surface area contributed by atoms with Crippen LogP contribution in [0.1, 0.15) is 229 Å². The smallest absolute Gasteiger partial charge is 0.357 e. The minimum Gasteiger partial charge on any atom is -0.494 e. The van der Waals surface area contributed by atoms with Crippen LogP contribution in [0, 0.1) is 11.3 Å². The lowest BCUT2D eigenvalue weighted by Gasteiger charge is -2.09. The van der Waals surface area contributed by atoms with Crippen molar-refractivity contribution < 1.29 is 71.4 Å². The van der Waals surface area contributed by atoms with Gasteiger partial charge >= 0.3 is 35.8 Å². The van der Waals surface area contributed by atoms with Gasteiger partial charge in [0.25, 0.3) is 0 Å². The number of methoxy groups -OCH3 is 1. The average molecular weight is 1810 g/mol. The number of pyridine rings is 6. The van der Waals surface area contributed by atoms with Crippen LogP contribution in [0.25, 0.3) is 67.5 Å². The minimum atomic E-state index is -0.432. The van der Waals surface area contributed by atoms with Crippen molar-refractivity contribution in [2.24, 2.45) is 0 Å². The number of benzene rings is 6. The molecule has 0 spiro atoms. The first kappa shape index (κ1) is 105. The Labute approximate surface area is 780 Å². The van der Waals surface area contributed by atoms with E-state index in [1.807, 2.05) is 212 Å². The highest BCUT2D eigenvalue weighted by Crippen LogP contribution is 2.29. The van der Waals surface area contributed by atoms with Crippen LogP contribution >= 0.6 is 23.4 Å². The molecule has 0 aliphatic carbocycles. The van der Waals surface area contributed by atoms with E-state index in [0.717, 1.165) is 118 Å². The number of rotatable bonds is 36. The number of unbranched alkanes of at least 4 members (excludes halogenated alkanes) is 9. The fourth-order valence-corrected chi connectivity index (χ4v) is 12.6. The Bertz CT molecular complexity index is 5520. The SMILES string of the molecule is CC(C)OC(=O)c1cccc(-c2ccc(Cl)cc2)n1.CCCCCCCOc1ccc(-c2cccc(C(=O)OC(C)C)n2)cc1.CCCCCCOc1ccc(-c2cccc(C(=O)OC)n2)cc1.CCCCCOc1ccc(-c2cccc(C(=O)OC(C)C)n2)cc1.CCOC(=O)c1cccc(-c2ccc(C#N)cc2)n1.CSc1ccc(-c2cccc(C(=O)OC(C)C)n2)cc1. The van der Waals surface area contributed by atoms with Crippen LogP contribution in [0.3, 0.4) is 0 Å². The lowest BCUT2D eigenvalue weighted by atomic mass is 10.1. The van der Waals surface area contributed by atoms with E-state index in [0.29, 0.717) is 51.4 Å². The molecule has 686 valence electrons. The zero-order chi connectivity index (χ0) is 94.7. The highest BCUT2D eigenvalue weighted by atomic mass is 35.5. The van der Waals surface area contributed by atoms with Crippen LogP contribution in [-0.2, 0) is 28.4 Å². The van der Waals surface area contributed by atoms with E-state index in [-0.39, 0.29) is 36.1 Å². The zero-order valence-electron chi connectivity index (χ0n) is 77.4. The second kappa shape index (κ2) is 58.2. The number of esters is 6. The van der Waals surface area contributed by atoms with Gasteiger partial charge in [0.15, 0.2) is 0 Å². The van der Waals surface area contributed by atoms with E-state index in [1.165, 1.54) is 69.8 Å². The first-order chi connectivity index (χ1) is 63.3. The van der Waals surface area contributed by atoms with Gasteiger partial charge in [0.05, 0.1) is 104 Å². The van der Waals surface area contributed by atoms with E-state index in [4.69, 9.17) is 59.5 Å². The molecule has 12 rings (SSSR count). The van der Waals surface area contributed by atoms with Gasteiger partial charge in [-0.2, -0.15) is 5.26 Å². The molecule has 6 heterocycles. The summed E-state index contributed by atoms with van der Waals surface area (Å²) >= 11 is 7.54. The van der Waals surface area contributed by atoms with Crippen molar-refractivity contribution in [3.63, 3.8) is 0 Å². The number of nitriles is 1. The quantitative estimate of drug-likeness (QED) is 0.0153. The zero-order valence-corrected chi connectivity index (χ0v) is 79.0. The van der Waals surface area contributed by atoms with E-state index in [9.17, 15) is 28.8 Å². The van der Waals surface area contributed by atoms with Crippen LogP contribution in [0.2, 0.25) is 5.02 Å². The summed E-state index contributed by atoms with van der Waals surface area (Å²) in [6.07, 6.45) is 15.8. The molecule has 0 radical (unpaired) electrons. The molecule has 6 aromatic carbocycles. The lowest BCUT2D eigenvalue weighted by molar-refractivity contribution is 0.0360. The van der Waals surface area contributed by atoms with Gasteiger partial charge in [0.1, 0.15) is 51.4 Å². The number of carbonyl (C=O) groups excluding carboxylic acids is 6. The summed E-state index contributed by atoms with van der Waals surface area (Å²) in [5, 5.41) is 9.41. The van der Waals surface area contributed by atoms with Crippen LogP contribution in [-0.4, -0.2) is 130 Å². The molecular formula is C107H120ClN7O15S. The lowest BCUT2D eigenvalue weighted by Crippen LogP contribution is -2.13. The third-order valence-electron chi connectivity index (χ3n) is 18.7. The minimum absolute atomic E-state index is 0.145. The largest absolute Gasteiger partial charge is 0.494 e. The molecule has 0 saturated heterocycles. The van der Waals surface area contributed by atoms with E-state index in [2.05, 4.69) is 56.7 Å². The number of nitrogens with zero attached hydrogens (tertiary/aromatic N) is 7. The fourth-order valence-electron chi connectivity index (χ4n) is 12.1. The monoisotopic (exact) mass is 1810 g/mol. The van der Waals surface area contributed by atoms with Crippen molar-refractivity contribution in [2.75, 3.05) is 39.8 Å². The Morgan fingerprint density at radius 3 is 0.832 bits per heavy atom. The molecule has 22 nitrogen and oxygen atoms in total. The topological polar surface area (TPSA) is 287 Å². The molecule has 131 heavy (non-hydrogen) atoms. The summed E-state index contributed by atoms with van der Waals surface area (Å²) in [5.41, 5.74) is 12.4. The van der Waals surface area contributed by atoms with Crippen LogP contribution in [0.5, 0.6) is 17.2 Å². The third-order valence-corrected chi connectivity index (χ3v) is 19.7. The number of hydrogen-bond donors (Lipinski definition) is 0. The average Bonchev–Trinajstić information content (AvgIpc) is 0.863. The maximum absolute atomic E-state index is 12.0. The number of aromatic nitrogens is 6. The van der Waals surface area contributed by atoms with E-state index < -0.39 is 29.8 Å². The number of thioether (sulfide) groups is 1. The Kier molecular flexibility index (Phi) is 46.5. The number of hydrogen-bond acceptors (Lipinski definition) is 23. The van der Waals surface area contributed by atoms with Crippen molar-refractivity contribution >= 4 is 59.2 Å². The molecule has 0 amide bonds. The first-order valence-corrected chi connectivity index (χ1v) is 46.0. The van der Waals surface area contributed by atoms with Gasteiger partial charge in [-0.3, -0.25) is 0 Å². The fraction of sp³-hybridized carbons (Fsp3) is 0.318. The Hall–Kier alpha value is -13.4. The molecule has 0 atom stereocenters. The van der Waals surface area contributed by atoms with Gasteiger partial charge in [0.2, 0.25) is 0 Å². The number of halogens is 1. The standard InChI is InChI=1S/C22H29NO3.C20H25NO3.C19H23NO3.C16H17NO2S.C15H14ClNO2.C15H12N2O2/c1-4-5-6-7-8-16-25-19-14-12-18(13-15-19)20-10-9-11-21(23-20)22(24)26-17(2)3;1-4-5-6-14-23-17-12-10-16(11-13-17)18-8-7-9-19(21-18)20(22)24-15(2)3;1-3-4-5-6-14-23-16-12-10-15(11-13-16)17-8-7-9-18(20-17)19(21)22-2;1-11(2)19-16(18)15-6-4-5-14(17-15)12-7-9-13(20-3)10-8-12;1-10(2)19-15(18)14-5-3-4-13(17-14)11-6-8-12(16)9-7-11;1-2-19-15(18)14-5-3-4-13(17-14)12-8-6-11(10-16)7-9-12/h9-15,17H,4-8,16H2,1-3H3;7-13,15H,4-6,14H2,1-3H3;7-13H,3-6,14H2,1-2H3;4-11H,1-3H3;3-10H,1-2H3;3-9H,2H2,1H3. The highest BCUT2D eigenvalue weighted by Gasteiger charge is 2.19. The molecule has 12 aromatic rings. The molecule has 0 aliphatic rings. The van der Waals surface area contributed by atoms with Crippen LogP contribution < -0.4 is 14.2 Å². The van der Waals surface area contributed by atoms with E-state index >= 15 is 0 Å². The van der Waals surface area contributed by atoms with Gasteiger partial charge < -0.3 is 42.6 Å². The normalized spacial score (nSPS) is 10.5. The molecule has 0 bridgehead atoms. The van der Waals surface area contributed by atoms with Gasteiger partial charge in [-0.15, -0.1) is 11.8 Å². The second-order valence-electron chi connectivity index (χ2n) is 30.7. The first-order valence-electron chi connectivity index (χ1n) is 44.4. The molecule has 6 aromatic heterocycles. The summed E-state index contributed by atoms with van der Waals surface area (Å²) in [7, 11) is 1.35. The number of ether oxygens (including phenoxy) is 9. The van der Waals surface area contributed by atoms with Gasteiger partial charge in [-0.05, 0) is 270 Å². The van der Waals surface area contributed by atoms with E-state index in [1.54, 1.807) is 124 Å². The summed E-state index contributed by atoms with van der Waals surface area (Å²) in [5.74, 6) is 0.108. The number of carbonyl (C=O) groups is 6. The summed E-state index contributed by atoms with van der Waals surface area (Å²) in [6, 6.07) is 79.7. The second-order valence-corrected chi connectivity index (χ2v) is 32.0. The predicted molar refractivity (Wildman–Crippen MR) is 518 cm³/mol. The van der Waals surface area contributed by atoms with Gasteiger partial charge in [-0.1, -0.05) is 163 Å². The molecule has 24 heteroatoms. The molecule has 0 saturated carbocycles. The molecule has 0 fully saturated rings. The summed E-state index contributed by atoms with van der Waals surface area (Å²) < 4.78 is 47.5. The van der Waals surface area contributed by atoms with Gasteiger partial charge in [0, 0.05) is 43.3 Å². The van der Waals surface area contributed by atoms with Crippen molar-refractivity contribution in [3.8, 4) is 90.9 Å². The maximum atomic E-state index is 12.0. The predicted octanol–water partition coefficient (Wildman–Crippen LogP) is 25.8.